The molecule has 0 bridgehead atoms. The molecule has 1 fully saturated rings. The molecule has 1 amide bonds. The molecule has 2 aliphatic rings. The van der Waals surface area contributed by atoms with E-state index in [9.17, 15) is 4.79 Å². The molecule has 1 aliphatic carbocycles. The van der Waals surface area contributed by atoms with Crippen molar-refractivity contribution in [2.75, 3.05) is 31.1 Å². The number of nitrogens with zero attached hydrogens (tertiary/aromatic N) is 4. The quantitative estimate of drug-likeness (QED) is 0.379. The molecule has 3 aromatic rings. The van der Waals surface area contributed by atoms with Gasteiger partial charge in [-0.25, -0.2) is 9.97 Å². The Labute approximate surface area is 227 Å². The lowest BCUT2D eigenvalue weighted by Crippen LogP contribution is -2.49. The van der Waals surface area contributed by atoms with Crippen LogP contribution in [0.1, 0.15) is 55.9 Å². The van der Waals surface area contributed by atoms with Crippen LogP contribution in [0, 0.1) is 13.8 Å². The van der Waals surface area contributed by atoms with Crippen molar-refractivity contribution in [2.45, 2.75) is 47.5 Å². The average molecular weight is 517 g/mol. The van der Waals surface area contributed by atoms with Gasteiger partial charge in [-0.2, -0.15) is 0 Å². The van der Waals surface area contributed by atoms with Crippen molar-refractivity contribution in [2.24, 2.45) is 0 Å². The smallest absolute Gasteiger partial charge is 0.225 e. The SMILES string of the molecule is CC.CCC(=O)N1CCN(c2ncccn2)CC1.Cc1ccc(C2=CCC(c3ccccc3)=C2)cc1C.F. The lowest BCUT2D eigenvalue weighted by molar-refractivity contribution is -0.131. The third-order valence-electron chi connectivity index (χ3n) is 6.63. The van der Waals surface area contributed by atoms with Gasteiger partial charge in [0.1, 0.15) is 0 Å². The van der Waals surface area contributed by atoms with Crippen LogP contribution in [-0.4, -0.2) is 47.0 Å². The number of allylic oxidation sites excluding steroid dienone is 4. The highest BCUT2D eigenvalue weighted by Crippen LogP contribution is 2.32. The van der Waals surface area contributed by atoms with E-state index in [4.69, 9.17) is 0 Å². The molecular weight excluding hydrogens is 475 g/mol. The molecule has 0 atom stereocenters. The first-order valence-corrected chi connectivity index (χ1v) is 13.4. The number of hydrogen-bond donors (Lipinski definition) is 0. The van der Waals surface area contributed by atoms with Crippen molar-refractivity contribution in [3.8, 4) is 0 Å². The Hall–Kier alpha value is -3.80. The van der Waals surface area contributed by atoms with Gasteiger partial charge in [-0.15, -0.1) is 0 Å². The van der Waals surface area contributed by atoms with Gasteiger partial charge in [0, 0.05) is 45.0 Å². The van der Waals surface area contributed by atoms with E-state index in [-0.39, 0.29) is 10.6 Å². The molecule has 2 heterocycles. The molecule has 1 aliphatic heterocycles. The van der Waals surface area contributed by atoms with Crippen molar-refractivity contribution in [3.63, 3.8) is 0 Å². The van der Waals surface area contributed by atoms with Crippen molar-refractivity contribution in [1.29, 1.82) is 0 Å². The monoisotopic (exact) mass is 516 g/mol. The third-order valence-corrected chi connectivity index (χ3v) is 6.63. The Morgan fingerprint density at radius 3 is 2.11 bits per heavy atom. The number of carbonyl (C=O) groups is 1. The lowest BCUT2D eigenvalue weighted by Gasteiger charge is -2.34. The van der Waals surface area contributed by atoms with Crippen LogP contribution in [0.3, 0.4) is 0 Å². The number of aryl methyl sites for hydroxylation is 2. The second-order valence-electron chi connectivity index (χ2n) is 8.97. The second kappa shape index (κ2) is 15.5. The summed E-state index contributed by atoms with van der Waals surface area (Å²) in [5, 5.41) is 0. The first-order chi connectivity index (χ1) is 18.0. The predicted octanol–water partition coefficient (Wildman–Crippen LogP) is 6.89. The Kier molecular flexibility index (Phi) is 12.4. The largest absolute Gasteiger partial charge is 0.339 e. The van der Waals surface area contributed by atoms with Gasteiger partial charge in [-0.3, -0.25) is 9.50 Å². The molecule has 5 rings (SSSR count). The zero-order valence-electron chi connectivity index (χ0n) is 23.4. The summed E-state index contributed by atoms with van der Waals surface area (Å²) in [4.78, 5) is 23.9. The first-order valence-electron chi connectivity index (χ1n) is 13.4. The van der Waals surface area contributed by atoms with Crippen LogP contribution >= 0.6 is 0 Å². The van der Waals surface area contributed by atoms with E-state index in [0.717, 1.165) is 38.5 Å². The van der Waals surface area contributed by atoms with Crippen molar-refractivity contribution in [3.05, 3.63) is 101 Å². The molecule has 0 radical (unpaired) electrons. The molecule has 38 heavy (non-hydrogen) atoms. The molecule has 0 saturated carbocycles. The summed E-state index contributed by atoms with van der Waals surface area (Å²) in [5.41, 5.74) is 8.14. The van der Waals surface area contributed by atoms with E-state index >= 15 is 0 Å². The summed E-state index contributed by atoms with van der Waals surface area (Å²) < 4.78 is 0. The summed E-state index contributed by atoms with van der Waals surface area (Å²) in [6.07, 6.45) is 9.75. The van der Waals surface area contributed by atoms with E-state index < -0.39 is 0 Å². The van der Waals surface area contributed by atoms with Crippen LogP contribution in [-0.2, 0) is 4.79 Å². The first kappa shape index (κ1) is 30.4. The van der Waals surface area contributed by atoms with Crippen molar-refractivity contribution < 1.29 is 9.50 Å². The molecule has 0 spiro atoms. The fraction of sp³-hybridized carbons (Fsp3) is 0.344. The Morgan fingerprint density at radius 2 is 1.50 bits per heavy atom. The molecular formula is C32H41FN4O. The number of piperazine rings is 1. The number of hydrogen-bond acceptors (Lipinski definition) is 4. The van der Waals surface area contributed by atoms with Gasteiger partial charge in [-0.05, 0) is 59.7 Å². The fourth-order valence-electron chi connectivity index (χ4n) is 4.34. The molecule has 1 aromatic heterocycles. The number of rotatable bonds is 4. The Balaban J connectivity index is 0.000000248. The number of carbonyl (C=O) groups excluding carboxylic acids is 1. The molecule has 0 N–H and O–H groups in total. The summed E-state index contributed by atoms with van der Waals surface area (Å²) >= 11 is 0. The number of amides is 1. The normalized spacial score (nSPS) is 14.1. The Morgan fingerprint density at radius 1 is 0.842 bits per heavy atom. The van der Waals surface area contributed by atoms with E-state index in [2.05, 4.69) is 89.4 Å². The predicted molar refractivity (Wildman–Crippen MR) is 158 cm³/mol. The second-order valence-corrected chi connectivity index (χ2v) is 8.97. The van der Waals surface area contributed by atoms with Gasteiger partial charge in [-0.1, -0.05) is 81.5 Å². The van der Waals surface area contributed by atoms with E-state index in [1.165, 1.54) is 33.4 Å². The maximum Gasteiger partial charge on any atom is 0.225 e. The van der Waals surface area contributed by atoms with Crippen LogP contribution in [0.5, 0.6) is 0 Å². The van der Waals surface area contributed by atoms with Gasteiger partial charge >= 0.3 is 0 Å². The minimum Gasteiger partial charge on any atom is -0.339 e. The summed E-state index contributed by atoms with van der Waals surface area (Å²) in [6.45, 7) is 13.4. The summed E-state index contributed by atoms with van der Waals surface area (Å²) in [7, 11) is 0. The molecule has 5 nitrogen and oxygen atoms in total. The van der Waals surface area contributed by atoms with Crippen LogP contribution in [0.15, 0.2) is 79.1 Å². The van der Waals surface area contributed by atoms with Gasteiger partial charge < -0.3 is 9.80 Å². The number of benzene rings is 2. The van der Waals surface area contributed by atoms with Crippen LogP contribution in [0.2, 0.25) is 0 Å². The van der Waals surface area contributed by atoms with Crippen molar-refractivity contribution >= 4 is 23.0 Å². The molecule has 2 aromatic carbocycles. The highest BCUT2D eigenvalue weighted by Gasteiger charge is 2.21. The maximum atomic E-state index is 11.5. The third kappa shape index (κ3) is 8.10. The minimum atomic E-state index is 0. The van der Waals surface area contributed by atoms with Crippen LogP contribution < -0.4 is 4.90 Å². The zero-order valence-corrected chi connectivity index (χ0v) is 23.4. The summed E-state index contributed by atoms with van der Waals surface area (Å²) in [5.74, 6) is 0.986. The van der Waals surface area contributed by atoms with E-state index in [1.807, 2.05) is 25.7 Å². The van der Waals surface area contributed by atoms with Gasteiger partial charge in [0.15, 0.2) is 0 Å². The number of aromatic nitrogens is 2. The molecule has 1 saturated heterocycles. The fourth-order valence-corrected chi connectivity index (χ4v) is 4.34. The van der Waals surface area contributed by atoms with Gasteiger partial charge in [0.2, 0.25) is 11.9 Å². The lowest BCUT2D eigenvalue weighted by atomic mass is 10.0. The van der Waals surface area contributed by atoms with E-state index in [1.54, 1.807) is 18.5 Å². The zero-order chi connectivity index (χ0) is 26.6. The maximum absolute atomic E-state index is 11.5. The minimum absolute atomic E-state index is 0. The van der Waals surface area contributed by atoms with Crippen LogP contribution in [0.25, 0.3) is 11.1 Å². The van der Waals surface area contributed by atoms with Gasteiger partial charge in [0.25, 0.3) is 0 Å². The van der Waals surface area contributed by atoms with Gasteiger partial charge in [0.05, 0.1) is 0 Å². The van der Waals surface area contributed by atoms with Crippen molar-refractivity contribution in [1.82, 2.24) is 14.9 Å². The topological polar surface area (TPSA) is 49.3 Å². The number of anilines is 1. The molecule has 0 unspecified atom stereocenters. The standard InChI is InChI=1S/C19H18.C11H16N4O.C2H6.FH/c1-14-8-9-17(12-15(14)2)19-11-10-18(13-19)16-6-4-3-5-7-16;1-2-10(16)14-6-8-15(9-7-14)11-12-4-3-5-13-11;1-2;/h3-9,11-13H,10H2,1-2H3;3-5H,2,6-9H2,1H3;1-2H3;1H. The number of halogens is 1. The Bertz CT molecular complexity index is 1200. The molecule has 202 valence electrons. The highest BCUT2D eigenvalue weighted by molar-refractivity contribution is 5.89. The highest BCUT2D eigenvalue weighted by atomic mass is 19.0. The summed E-state index contributed by atoms with van der Waals surface area (Å²) in [6, 6.07) is 19.2. The van der Waals surface area contributed by atoms with Crippen LogP contribution in [0.4, 0.5) is 10.7 Å². The van der Waals surface area contributed by atoms with E-state index in [0.29, 0.717) is 6.42 Å². The molecule has 6 heteroatoms. The average Bonchev–Trinajstić information content (AvgIpc) is 3.47.